The lowest BCUT2D eigenvalue weighted by Crippen LogP contribution is -2.41. The van der Waals surface area contributed by atoms with E-state index in [1.165, 1.54) is 42.4 Å². The van der Waals surface area contributed by atoms with E-state index in [1.807, 2.05) is 5.38 Å². The summed E-state index contributed by atoms with van der Waals surface area (Å²) >= 11 is 2.89. The number of aromatic nitrogens is 1. The predicted octanol–water partition coefficient (Wildman–Crippen LogP) is 3.04. The van der Waals surface area contributed by atoms with Gasteiger partial charge in [0.25, 0.3) is 0 Å². The quantitative estimate of drug-likeness (QED) is 0.601. The molecule has 2 atom stereocenters. The fourth-order valence-corrected chi connectivity index (χ4v) is 4.36. The summed E-state index contributed by atoms with van der Waals surface area (Å²) in [6, 6.07) is 0.313. The molecule has 0 spiro atoms. The van der Waals surface area contributed by atoms with Crippen molar-refractivity contribution in [2.45, 2.75) is 56.3 Å². The van der Waals surface area contributed by atoms with Gasteiger partial charge in [-0.2, -0.15) is 0 Å². The first-order valence-corrected chi connectivity index (χ1v) is 9.97. The van der Waals surface area contributed by atoms with Gasteiger partial charge in [-0.15, -0.1) is 11.3 Å². The topological polar surface area (TPSA) is 68.3 Å². The molecule has 1 saturated carbocycles. The van der Waals surface area contributed by atoms with Gasteiger partial charge in [-0.3, -0.25) is 9.59 Å². The number of rotatable bonds is 7. The highest BCUT2D eigenvalue weighted by Crippen LogP contribution is 2.25. The van der Waals surface area contributed by atoms with Gasteiger partial charge >= 0.3 is 5.97 Å². The second-order valence-corrected chi connectivity index (χ2v) is 7.89. The molecule has 0 aromatic carbocycles. The molecule has 23 heavy (non-hydrogen) atoms. The summed E-state index contributed by atoms with van der Waals surface area (Å²) in [6.45, 7) is 4.37. The zero-order valence-electron chi connectivity index (χ0n) is 13.7. The molecule has 0 bridgehead atoms. The normalized spacial score (nSPS) is 21.0. The van der Waals surface area contributed by atoms with Crippen LogP contribution in [0.25, 0.3) is 0 Å². The first kappa shape index (κ1) is 18.3. The van der Waals surface area contributed by atoms with Crippen molar-refractivity contribution in [3.63, 3.8) is 0 Å². The third-order valence-electron chi connectivity index (χ3n) is 3.95. The molecular formula is C16H24N2O3S2. The molecule has 1 aliphatic rings. The van der Waals surface area contributed by atoms with E-state index in [9.17, 15) is 9.59 Å². The summed E-state index contributed by atoms with van der Waals surface area (Å²) in [5.41, 5.74) is 0.706. The number of hydrogen-bond acceptors (Lipinski definition) is 6. The van der Waals surface area contributed by atoms with E-state index in [0.29, 0.717) is 30.0 Å². The maximum Gasteiger partial charge on any atom is 0.311 e. The first-order valence-electron chi connectivity index (χ1n) is 8.10. The molecule has 1 fully saturated rings. The molecule has 7 heteroatoms. The van der Waals surface area contributed by atoms with Gasteiger partial charge in [0.15, 0.2) is 4.34 Å². The van der Waals surface area contributed by atoms with Crippen molar-refractivity contribution in [2.75, 3.05) is 12.4 Å². The number of nitrogens with zero attached hydrogens (tertiary/aromatic N) is 1. The molecule has 128 valence electrons. The van der Waals surface area contributed by atoms with E-state index in [2.05, 4.69) is 17.2 Å². The second-order valence-electron chi connectivity index (χ2n) is 5.81. The van der Waals surface area contributed by atoms with E-state index < -0.39 is 0 Å². The lowest BCUT2D eigenvalue weighted by atomic mass is 9.86. The van der Waals surface area contributed by atoms with Crippen LogP contribution >= 0.6 is 23.1 Å². The maximum atomic E-state index is 12.1. The summed E-state index contributed by atoms with van der Waals surface area (Å²) in [5, 5.41) is 4.99. The van der Waals surface area contributed by atoms with Gasteiger partial charge in [-0.05, 0) is 25.7 Å². The third-order valence-corrected chi connectivity index (χ3v) is 6.02. The number of esters is 1. The molecule has 5 nitrogen and oxygen atoms in total. The Morgan fingerprint density at radius 3 is 2.96 bits per heavy atom. The van der Waals surface area contributed by atoms with E-state index in [1.54, 1.807) is 6.92 Å². The number of carbonyl (C=O) groups excluding carboxylic acids is 2. The summed E-state index contributed by atoms with van der Waals surface area (Å²) in [4.78, 5) is 27.8. The summed E-state index contributed by atoms with van der Waals surface area (Å²) in [6.07, 6.45) is 4.94. The molecule has 1 aromatic heterocycles. The van der Waals surface area contributed by atoms with Crippen molar-refractivity contribution < 1.29 is 14.3 Å². The van der Waals surface area contributed by atoms with Gasteiger partial charge in [0.05, 0.1) is 24.5 Å². The number of nitrogens with one attached hydrogen (secondary N) is 1. The number of thioether (sulfide) groups is 1. The highest BCUT2D eigenvalue weighted by atomic mass is 32.2. The molecule has 1 aliphatic carbocycles. The van der Waals surface area contributed by atoms with E-state index in [4.69, 9.17) is 4.74 Å². The smallest absolute Gasteiger partial charge is 0.311 e. The van der Waals surface area contributed by atoms with Crippen LogP contribution in [0, 0.1) is 5.92 Å². The molecule has 0 saturated heterocycles. The molecule has 2 rings (SSSR count). The number of ether oxygens (including phenoxy) is 1. The molecule has 0 aliphatic heterocycles. The largest absolute Gasteiger partial charge is 0.466 e. The average Bonchev–Trinajstić information content (AvgIpc) is 2.95. The minimum Gasteiger partial charge on any atom is -0.466 e. The van der Waals surface area contributed by atoms with Crippen molar-refractivity contribution in [1.29, 1.82) is 0 Å². The summed E-state index contributed by atoms with van der Waals surface area (Å²) in [5.74, 6) is 0.735. The highest BCUT2D eigenvalue weighted by molar-refractivity contribution is 8.01. The fourth-order valence-electron chi connectivity index (χ4n) is 2.70. The van der Waals surface area contributed by atoms with Crippen molar-refractivity contribution in [3.8, 4) is 0 Å². The van der Waals surface area contributed by atoms with Crippen molar-refractivity contribution in [3.05, 3.63) is 11.1 Å². The Labute approximate surface area is 145 Å². The Bertz CT molecular complexity index is 533. The molecule has 1 aromatic rings. The van der Waals surface area contributed by atoms with Crippen molar-refractivity contribution in [2.24, 2.45) is 5.92 Å². The number of carbonyl (C=O) groups is 2. The lowest BCUT2D eigenvalue weighted by molar-refractivity contribution is -0.142. The van der Waals surface area contributed by atoms with Gasteiger partial charge < -0.3 is 10.1 Å². The average molecular weight is 357 g/mol. The van der Waals surface area contributed by atoms with Crippen molar-refractivity contribution in [1.82, 2.24) is 10.3 Å². The van der Waals surface area contributed by atoms with Crippen LogP contribution in [0.15, 0.2) is 9.72 Å². The van der Waals surface area contributed by atoms with Crippen LogP contribution in [0.2, 0.25) is 0 Å². The fraction of sp³-hybridized carbons (Fsp3) is 0.688. The van der Waals surface area contributed by atoms with Crippen LogP contribution in [-0.2, 0) is 20.7 Å². The number of thiazole rings is 1. The molecule has 1 amide bonds. The van der Waals surface area contributed by atoms with Crippen LogP contribution in [0.5, 0.6) is 0 Å². The Kier molecular flexibility index (Phi) is 7.36. The Morgan fingerprint density at radius 1 is 1.43 bits per heavy atom. The minimum absolute atomic E-state index is 0.0656. The van der Waals surface area contributed by atoms with Gasteiger partial charge in [0, 0.05) is 11.4 Å². The van der Waals surface area contributed by atoms with Crippen LogP contribution in [0.4, 0.5) is 0 Å². The van der Waals surface area contributed by atoms with E-state index in [0.717, 1.165) is 10.8 Å². The first-order chi connectivity index (χ1) is 11.1. The molecule has 1 heterocycles. The van der Waals surface area contributed by atoms with Crippen LogP contribution in [0.3, 0.4) is 0 Å². The zero-order chi connectivity index (χ0) is 16.7. The standard InChI is InChI=1S/C16H24N2O3S2/c1-3-21-15(20)8-12-9-22-16(17-12)23-10-14(19)18-13-7-5-4-6-11(13)2/h9,11,13H,3-8,10H2,1-2H3,(H,18,19)/t11-,13+/m1/s1. The van der Waals surface area contributed by atoms with E-state index >= 15 is 0 Å². The number of hydrogen-bond donors (Lipinski definition) is 1. The van der Waals surface area contributed by atoms with Crippen LogP contribution in [0.1, 0.15) is 45.2 Å². The third kappa shape index (κ3) is 6.14. The van der Waals surface area contributed by atoms with Crippen molar-refractivity contribution >= 4 is 35.0 Å². The summed E-state index contributed by atoms with van der Waals surface area (Å²) in [7, 11) is 0. The Hall–Kier alpha value is -1.08. The molecule has 0 unspecified atom stereocenters. The number of amides is 1. The molecule has 0 radical (unpaired) electrons. The zero-order valence-corrected chi connectivity index (χ0v) is 15.3. The minimum atomic E-state index is -0.265. The van der Waals surface area contributed by atoms with E-state index in [-0.39, 0.29) is 18.3 Å². The Morgan fingerprint density at radius 2 is 2.22 bits per heavy atom. The monoisotopic (exact) mass is 356 g/mol. The predicted molar refractivity (Wildman–Crippen MR) is 92.7 cm³/mol. The highest BCUT2D eigenvalue weighted by Gasteiger charge is 2.22. The summed E-state index contributed by atoms with van der Waals surface area (Å²) < 4.78 is 5.72. The molecule has 1 N–H and O–H groups in total. The van der Waals surface area contributed by atoms with Gasteiger partial charge in [-0.25, -0.2) is 4.98 Å². The van der Waals surface area contributed by atoms with Crippen LogP contribution < -0.4 is 5.32 Å². The van der Waals surface area contributed by atoms with Gasteiger partial charge in [-0.1, -0.05) is 31.5 Å². The second kappa shape index (κ2) is 9.27. The van der Waals surface area contributed by atoms with Gasteiger partial charge in [0.1, 0.15) is 0 Å². The Balaban J connectivity index is 1.74. The van der Waals surface area contributed by atoms with Crippen LogP contribution in [-0.4, -0.2) is 35.3 Å². The maximum absolute atomic E-state index is 12.1. The SMILES string of the molecule is CCOC(=O)Cc1csc(SCC(=O)N[C@H]2CCCC[C@H]2C)n1. The van der Waals surface area contributed by atoms with Gasteiger partial charge in [0.2, 0.25) is 5.91 Å². The molecular weight excluding hydrogens is 332 g/mol. The lowest BCUT2D eigenvalue weighted by Gasteiger charge is -2.29.